The van der Waals surface area contributed by atoms with Gasteiger partial charge in [-0.1, -0.05) is 0 Å². The minimum atomic E-state index is -3.11. The van der Waals surface area contributed by atoms with Crippen molar-refractivity contribution in [1.29, 1.82) is 0 Å². The summed E-state index contributed by atoms with van der Waals surface area (Å²) in [4.78, 5) is 32.3. The monoisotopic (exact) mass is 284 g/mol. The highest BCUT2D eigenvalue weighted by Gasteiger charge is 2.34. The Labute approximate surface area is 108 Å². The molecule has 7 heteroatoms. The molecule has 0 aromatic heterocycles. The summed E-state index contributed by atoms with van der Waals surface area (Å²) in [6, 6.07) is 0. The number of nitrogens with zero attached hydrogens (tertiary/aromatic N) is 1. The van der Waals surface area contributed by atoms with Crippen LogP contribution in [0.1, 0.15) is 25.7 Å². The van der Waals surface area contributed by atoms with Gasteiger partial charge in [0.2, 0.25) is 6.92 Å². The molecule has 0 aromatic carbocycles. The summed E-state index contributed by atoms with van der Waals surface area (Å²) in [5.41, 5.74) is 0. The quantitative estimate of drug-likeness (QED) is 0.238. The molecule has 17 heavy (non-hydrogen) atoms. The zero-order chi connectivity index (χ0) is 13.5. The second-order valence-electron chi connectivity index (χ2n) is 4.72. The average molecular weight is 284 g/mol. The Morgan fingerprint density at radius 3 is 2.41 bits per heavy atom. The van der Waals surface area contributed by atoms with E-state index >= 15 is 0 Å². The van der Waals surface area contributed by atoms with Crippen LogP contribution in [-0.2, 0) is 9.53 Å². The lowest BCUT2D eigenvalue weighted by atomic mass is 10.2. The lowest BCUT2D eigenvalue weighted by Crippen LogP contribution is -2.28. The molecular formula is C10H23NO4PS+. The maximum absolute atomic E-state index is 11.8. The molecule has 0 aliphatic heterocycles. The van der Waals surface area contributed by atoms with E-state index in [1.165, 1.54) is 7.11 Å². The zero-order valence-corrected chi connectivity index (χ0v) is 12.7. The van der Waals surface area contributed by atoms with Crippen molar-refractivity contribution in [1.82, 2.24) is 0 Å². The molecule has 102 valence electrons. The predicted molar refractivity (Wildman–Crippen MR) is 70.1 cm³/mol. The van der Waals surface area contributed by atoms with Crippen LogP contribution >= 0.6 is 18.5 Å². The second kappa shape index (κ2) is 7.54. The molecule has 1 N–H and O–H groups in total. The lowest BCUT2D eigenvalue weighted by molar-refractivity contribution is -0.725. The summed E-state index contributed by atoms with van der Waals surface area (Å²) in [6.45, 7) is -3.11. The number of hydrogen-bond donors (Lipinski definition) is 1. The SMILES string of the molecule is COC(=O)CCCCC[P+]([O-])(O)S[N+](C)(C)C. The van der Waals surface area contributed by atoms with E-state index in [2.05, 4.69) is 4.74 Å². The van der Waals surface area contributed by atoms with E-state index in [0.29, 0.717) is 29.3 Å². The maximum Gasteiger partial charge on any atom is 0.305 e. The Hall–Kier alpha value is 0.130. The van der Waals surface area contributed by atoms with E-state index in [1.807, 2.05) is 21.1 Å². The van der Waals surface area contributed by atoms with Gasteiger partial charge in [0.15, 0.2) is 0 Å². The first-order valence-corrected chi connectivity index (χ1v) is 8.80. The molecule has 1 unspecified atom stereocenters. The molecule has 0 rings (SSSR count). The third kappa shape index (κ3) is 11.0. The van der Waals surface area contributed by atoms with Crippen LogP contribution in [0.2, 0.25) is 0 Å². The van der Waals surface area contributed by atoms with E-state index in [0.717, 1.165) is 18.0 Å². The fourth-order valence-corrected chi connectivity index (χ4v) is 5.68. The summed E-state index contributed by atoms with van der Waals surface area (Å²) >= 11 is 1.08. The molecule has 0 aliphatic rings. The number of carbonyl (C=O) groups is 1. The highest BCUT2D eigenvalue weighted by Crippen LogP contribution is 2.61. The standard InChI is InChI=1S/C10H22NO4PS/c1-11(2,3)17-16(13,14)9-7-5-6-8-10(12)15-4/h5-9H2,1-4H3/p+1. The van der Waals surface area contributed by atoms with E-state index in [-0.39, 0.29) is 5.97 Å². The van der Waals surface area contributed by atoms with Gasteiger partial charge in [0.25, 0.3) is 11.6 Å². The van der Waals surface area contributed by atoms with Gasteiger partial charge in [-0.05, 0) is 19.3 Å². The van der Waals surface area contributed by atoms with Gasteiger partial charge in [-0.15, -0.1) is 0 Å². The van der Waals surface area contributed by atoms with Gasteiger partial charge in [-0.3, -0.25) is 4.79 Å². The Kier molecular flexibility index (Phi) is 7.60. The molecule has 0 saturated carbocycles. The molecule has 0 amide bonds. The summed E-state index contributed by atoms with van der Waals surface area (Å²) in [7, 11) is 6.96. The zero-order valence-electron chi connectivity index (χ0n) is 11.0. The van der Waals surface area contributed by atoms with Crippen molar-refractivity contribution in [3.8, 4) is 0 Å². The number of carbonyl (C=O) groups excluding carboxylic acids is 1. The third-order valence-corrected chi connectivity index (χ3v) is 6.33. The van der Waals surface area contributed by atoms with Crippen molar-refractivity contribution >= 4 is 24.5 Å². The Bertz CT molecular complexity index is 243. The smallest absolute Gasteiger partial charge is 0.305 e. The highest BCUT2D eigenvalue weighted by atomic mass is 32.7. The molecule has 0 fully saturated rings. The first-order chi connectivity index (χ1) is 7.66. The molecule has 0 saturated heterocycles. The summed E-state index contributed by atoms with van der Waals surface area (Å²) < 4.78 is 4.93. The summed E-state index contributed by atoms with van der Waals surface area (Å²) in [5, 5.41) is 0. The predicted octanol–water partition coefficient (Wildman–Crippen LogP) is 1.19. The Balaban J connectivity index is 3.69. The fraction of sp³-hybridized carbons (Fsp3) is 0.900. The largest absolute Gasteiger partial charge is 0.642 e. The topological polar surface area (TPSA) is 69.6 Å². The van der Waals surface area contributed by atoms with Gasteiger partial charge in [0, 0.05) is 6.42 Å². The summed E-state index contributed by atoms with van der Waals surface area (Å²) in [5.74, 6) is -0.224. The summed E-state index contributed by atoms with van der Waals surface area (Å²) in [6.07, 6.45) is 2.83. The van der Waals surface area contributed by atoms with Crippen molar-refractivity contribution in [2.75, 3.05) is 34.4 Å². The van der Waals surface area contributed by atoms with E-state index in [4.69, 9.17) is 0 Å². The van der Waals surface area contributed by atoms with E-state index < -0.39 is 6.92 Å². The van der Waals surface area contributed by atoms with Crippen LogP contribution in [0.3, 0.4) is 0 Å². The van der Waals surface area contributed by atoms with Crippen molar-refractivity contribution in [2.45, 2.75) is 25.7 Å². The van der Waals surface area contributed by atoms with Gasteiger partial charge >= 0.3 is 5.97 Å². The van der Waals surface area contributed by atoms with Gasteiger partial charge in [0.05, 0.1) is 34.4 Å². The first-order valence-electron chi connectivity index (χ1n) is 5.58. The average Bonchev–Trinajstić information content (AvgIpc) is 2.12. The van der Waals surface area contributed by atoms with Crippen molar-refractivity contribution < 1.29 is 23.2 Å². The van der Waals surface area contributed by atoms with Gasteiger partial charge in [-0.2, -0.15) is 0 Å². The number of esters is 1. The first kappa shape index (κ1) is 17.1. The van der Waals surface area contributed by atoms with Gasteiger partial charge in [-0.25, -0.2) is 8.78 Å². The van der Waals surface area contributed by atoms with E-state index in [9.17, 15) is 14.6 Å². The van der Waals surface area contributed by atoms with Crippen molar-refractivity contribution in [2.24, 2.45) is 0 Å². The molecule has 0 bridgehead atoms. The molecule has 0 aromatic rings. The Morgan fingerprint density at radius 1 is 1.35 bits per heavy atom. The minimum absolute atomic E-state index is 0.224. The van der Waals surface area contributed by atoms with Crippen molar-refractivity contribution in [3.63, 3.8) is 0 Å². The number of unbranched alkanes of at least 4 members (excludes halogenated alkanes) is 2. The van der Waals surface area contributed by atoms with Crippen LogP contribution in [-0.4, -0.2) is 49.2 Å². The van der Waals surface area contributed by atoms with Crippen LogP contribution < -0.4 is 4.89 Å². The number of quaternary nitrogens is 1. The molecule has 0 heterocycles. The molecule has 0 aliphatic carbocycles. The maximum atomic E-state index is 11.8. The number of rotatable bonds is 8. The van der Waals surface area contributed by atoms with Crippen molar-refractivity contribution in [3.05, 3.63) is 0 Å². The van der Waals surface area contributed by atoms with Crippen LogP contribution in [0.25, 0.3) is 0 Å². The third-order valence-electron chi connectivity index (χ3n) is 1.92. The highest BCUT2D eigenvalue weighted by molar-refractivity contribution is 8.55. The van der Waals surface area contributed by atoms with Crippen LogP contribution in [0.15, 0.2) is 0 Å². The molecule has 1 atom stereocenters. The van der Waals surface area contributed by atoms with Crippen LogP contribution in [0, 0.1) is 0 Å². The molecule has 0 spiro atoms. The molecule has 5 nitrogen and oxygen atoms in total. The second-order valence-corrected chi connectivity index (χ2v) is 9.90. The van der Waals surface area contributed by atoms with Gasteiger partial charge in [0.1, 0.15) is 0 Å². The van der Waals surface area contributed by atoms with Gasteiger partial charge < -0.3 is 9.63 Å². The minimum Gasteiger partial charge on any atom is -0.642 e. The number of ether oxygens (including phenoxy) is 1. The lowest BCUT2D eigenvalue weighted by Gasteiger charge is -2.27. The molecule has 0 radical (unpaired) electrons. The van der Waals surface area contributed by atoms with E-state index in [1.54, 1.807) is 0 Å². The fourth-order valence-electron chi connectivity index (χ4n) is 1.28. The normalized spacial score (nSPS) is 15.4. The van der Waals surface area contributed by atoms with Crippen LogP contribution in [0.4, 0.5) is 0 Å². The molecular weight excluding hydrogens is 261 g/mol. The number of methoxy groups -OCH3 is 1. The van der Waals surface area contributed by atoms with Crippen LogP contribution in [0.5, 0.6) is 0 Å². The Morgan fingerprint density at radius 2 is 1.94 bits per heavy atom. The number of hydrogen-bond acceptors (Lipinski definition) is 5.